The molecular weight excluding hydrogens is 118 g/mol. The third kappa shape index (κ3) is 2.05. The number of hydrogen-bond donors (Lipinski definition) is 1. The van der Waals surface area contributed by atoms with Crippen molar-refractivity contribution in [3.8, 4) is 5.88 Å². The lowest BCUT2D eigenvalue weighted by atomic mass is 10.6. The molecule has 0 saturated carbocycles. The van der Waals surface area contributed by atoms with Gasteiger partial charge in [0, 0.05) is 12.3 Å². The summed E-state index contributed by atoms with van der Waals surface area (Å²) in [6, 6.07) is 3.51. The highest BCUT2D eigenvalue weighted by Crippen LogP contribution is 1.97. The van der Waals surface area contributed by atoms with Gasteiger partial charge in [-0.1, -0.05) is 0 Å². The van der Waals surface area contributed by atoms with Crippen LogP contribution < -0.4 is 10.9 Å². The van der Waals surface area contributed by atoms with Crippen molar-refractivity contribution in [2.45, 2.75) is 0 Å². The minimum absolute atomic E-state index is 0. The first-order chi connectivity index (χ1) is 3.93. The van der Waals surface area contributed by atoms with Crippen LogP contribution >= 0.6 is 0 Å². The van der Waals surface area contributed by atoms with Gasteiger partial charge in [-0.25, -0.2) is 0 Å². The molecule has 0 amide bonds. The van der Waals surface area contributed by atoms with Crippen molar-refractivity contribution in [1.29, 1.82) is 0 Å². The number of ether oxygens (including phenoxy) is 1. The second-order valence-electron chi connectivity index (χ2n) is 1.27. The van der Waals surface area contributed by atoms with E-state index < -0.39 is 0 Å². The lowest BCUT2D eigenvalue weighted by molar-refractivity contribution is 0.392. The Morgan fingerprint density at radius 3 is 2.67 bits per heavy atom. The van der Waals surface area contributed by atoms with Gasteiger partial charge in [0.25, 0.3) is 0 Å². The summed E-state index contributed by atoms with van der Waals surface area (Å²) in [6.45, 7) is 0. The molecule has 0 radical (unpaired) electrons. The Labute approximate surface area is 53.5 Å². The fraction of sp³-hybridized carbons (Fsp3) is 0.200. The maximum Gasteiger partial charge on any atom is 0.233 e. The lowest BCUT2D eigenvalue weighted by Crippen LogP contribution is -1.86. The predicted molar refractivity (Wildman–Crippen MR) is 33.6 cm³/mol. The molecular formula is C5H9N3O. The first kappa shape index (κ1) is 7.84. The Morgan fingerprint density at radius 1 is 1.56 bits per heavy atom. The van der Waals surface area contributed by atoms with Gasteiger partial charge in [-0.3, -0.25) is 0 Å². The van der Waals surface area contributed by atoms with Gasteiger partial charge in [-0.2, -0.15) is 5.10 Å². The first-order valence-corrected chi connectivity index (χ1v) is 2.25. The molecule has 0 fully saturated rings. The summed E-state index contributed by atoms with van der Waals surface area (Å²) in [7, 11) is 1.56. The summed E-state index contributed by atoms with van der Waals surface area (Å²) < 4.78 is 4.74. The quantitative estimate of drug-likeness (QED) is 0.601. The van der Waals surface area contributed by atoms with E-state index in [1.807, 2.05) is 0 Å². The van der Waals surface area contributed by atoms with Crippen LogP contribution in [0.5, 0.6) is 5.88 Å². The van der Waals surface area contributed by atoms with Gasteiger partial charge in [-0.05, 0) is 6.07 Å². The number of nitrogens with zero attached hydrogens (tertiary/aromatic N) is 2. The van der Waals surface area contributed by atoms with Crippen molar-refractivity contribution in [2.75, 3.05) is 7.11 Å². The summed E-state index contributed by atoms with van der Waals surface area (Å²) >= 11 is 0. The van der Waals surface area contributed by atoms with Crippen LogP contribution in [0.4, 0.5) is 0 Å². The molecule has 0 bridgehead atoms. The summed E-state index contributed by atoms with van der Waals surface area (Å²) in [5.74, 6) is 0.549. The van der Waals surface area contributed by atoms with Crippen LogP contribution in [0.1, 0.15) is 0 Å². The van der Waals surface area contributed by atoms with Crippen molar-refractivity contribution in [3.63, 3.8) is 0 Å². The molecule has 3 N–H and O–H groups in total. The van der Waals surface area contributed by atoms with Gasteiger partial charge < -0.3 is 10.9 Å². The molecule has 4 nitrogen and oxygen atoms in total. The average Bonchev–Trinajstić information content (AvgIpc) is 1.90. The maximum atomic E-state index is 4.74. The number of methoxy groups -OCH3 is 1. The summed E-state index contributed by atoms with van der Waals surface area (Å²) in [6.07, 6.45) is 1.60. The Morgan fingerprint density at radius 2 is 2.33 bits per heavy atom. The topological polar surface area (TPSA) is 70.0 Å². The number of rotatable bonds is 1. The number of aromatic nitrogens is 2. The highest BCUT2D eigenvalue weighted by atomic mass is 16.5. The van der Waals surface area contributed by atoms with Crippen LogP contribution in [-0.4, -0.2) is 17.3 Å². The third-order valence-electron chi connectivity index (χ3n) is 0.757. The largest absolute Gasteiger partial charge is 0.480 e. The van der Waals surface area contributed by atoms with Gasteiger partial charge in [0.1, 0.15) is 0 Å². The molecule has 0 atom stereocenters. The summed E-state index contributed by atoms with van der Waals surface area (Å²) in [4.78, 5) is 0. The van der Waals surface area contributed by atoms with Gasteiger partial charge in [0.05, 0.1) is 7.11 Å². The zero-order valence-electron chi connectivity index (χ0n) is 5.24. The van der Waals surface area contributed by atoms with Crippen LogP contribution in [0.3, 0.4) is 0 Å². The molecule has 1 rings (SSSR count). The molecule has 0 saturated heterocycles. The van der Waals surface area contributed by atoms with E-state index in [1.165, 1.54) is 0 Å². The van der Waals surface area contributed by atoms with Crippen LogP contribution in [0, 0.1) is 0 Å². The minimum atomic E-state index is 0. The zero-order valence-corrected chi connectivity index (χ0v) is 5.24. The molecule has 50 valence electrons. The predicted octanol–water partition coefficient (Wildman–Crippen LogP) is 0.647. The van der Waals surface area contributed by atoms with Gasteiger partial charge in [0.15, 0.2) is 0 Å². The van der Waals surface area contributed by atoms with E-state index in [9.17, 15) is 0 Å². The van der Waals surface area contributed by atoms with Crippen molar-refractivity contribution >= 4 is 0 Å². The Bertz CT molecular complexity index is 154. The normalized spacial score (nSPS) is 7.67. The SMILES string of the molecule is COc1cccnn1.N. The van der Waals surface area contributed by atoms with Gasteiger partial charge in [0.2, 0.25) is 5.88 Å². The van der Waals surface area contributed by atoms with Crippen LogP contribution in [0.15, 0.2) is 18.3 Å². The standard InChI is InChI=1S/C5H6N2O.H3N/c1-8-5-3-2-4-6-7-5;/h2-4H,1H3;1H3. The van der Waals surface area contributed by atoms with E-state index in [-0.39, 0.29) is 6.15 Å². The molecule has 0 aliphatic carbocycles. The van der Waals surface area contributed by atoms with Crippen molar-refractivity contribution < 1.29 is 4.74 Å². The molecule has 0 aromatic carbocycles. The van der Waals surface area contributed by atoms with Crippen LogP contribution in [0.25, 0.3) is 0 Å². The second kappa shape index (κ2) is 3.80. The zero-order chi connectivity index (χ0) is 5.82. The molecule has 0 spiro atoms. The molecule has 0 unspecified atom stereocenters. The van der Waals surface area contributed by atoms with E-state index in [0.29, 0.717) is 5.88 Å². The smallest absolute Gasteiger partial charge is 0.233 e. The van der Waals surface area contributed by atoms with E-state index in [2.05, 4.69) is 10.2 Å². The van der Waals surface area contributed by atoms with Crippen LogP contribution in [-0.2, 0) is 0 Å². The van der Waals surface area contributed by atoms with Crippen molar-refractivity contribution in [3.05, 3.63) is 18.3 Å². The summed E-state index contributed by atoms with van der Waals surface area (Å²) in [5.41, 5.74) is 0. The fourth-order valence-electron chi connectivity index (χ4n) is 0.396. The summed E-state index contributed by atoms with van der Waals surface area (Å²) in [5, 5.41) is 7.21. The fourth-order valence-corrected chi connectivity index (χ4v) is 0.396. The molecule has 1 aromatic rings. The molecule has 4 heteroatoms. The highest BCUT2D eigenvalue weighted by molar-refractivity contribution is 5.04. The molecule has 0 aliphatic heterocycles. The van der Waals surface area contributed by atoms with Gasteiger partial charge >= 0.3 is 0 Å². The van der Waals surface area contributed by atoms with Gasteiger partial charge in [-0.15, -0.1) is 5.10 Å². The van der Waals surface area contributed by atoms with E-state index in [1.54, 1.807) is 25.4 Å². The van der Waals surface area contributed by atoms with Crippen LogP contribution in [0.2, 0.25) is 0 Å². The molecule has 0 aliphatic rings. The van der Waals surface area contributed by atoms with Crippen molar-refractivity contribution in [2.24, 2.45) is 0 Å². The monoisotopic (exact) mass is 127 g/mol. The van der Waals surface area contributed by atoms with E-state index in [4.69, 9.17) is 4.74 Å². The minimum Gasteiger partial charge on any atom is -0.480 e. The Kier molecular flexibility index (Phi) is 3.31. The van der Waals surface area contributed by atoms with E-state index in [0.717, 1.165) is 0 Å². The van der Waals surface area contributed by atoms with E-state index >= 15 is 0 Å². The van der Waals surface area contributed by atoms with Crippen molar-refractivity contribution in [1.82, 2.24) is 16.3 Å². The second-order valence-corrected chi connectivity index (χ2v) is 1.27. The third-order valence-corrected chi connectivity index (χ3v) is 0.757. The molecule has 1 aromatic heterocycles. The molecule has 9 heavy (non-hydrogen) atoms. The number of hydrogen-bond acceptors (Lipinski definition) is 4. The lowest BCUT2D eigenvalue weighted by Gasteiger charge is -1.91. The first-order valence-electron chi connectivity index (χ1n) is 2.25. The average molecular weight is 127 g/mol. The molecule has 1 heterocycles. The maximum absolute atomic E-state index is 4.74. The highest BCUT2D eigenvalue weighted by Gasteiger charge is 1.83. The Hall–Kier alpha value is -1.16. The Balaban J connectivity index is 0.000000640.